The van der Waals surface area contributed by atoms with Crippen LogP contribution >= 0.6 is 11.6 Å². The van der Waals surface area contributed by atoms with E-state index in [1.807, 2.05) is 186 Å². The number of phenols is 1. The summed E-state index contributed by atoms with van der Waals surface area (Å²) in [6, 6.07) is 65.2. The molecule has 20 rings (SSSR count). The minimum absolute atomic E-state index is 0. The van der Waals surface area contributed by atoms with Crippen LogP contribution in [0.5, 0.6) is 51.7 Å². The van der Waals surface area contributed by atoms with E-state index in [9.17, 15) is 34.7 Å². The van der Waals surface area contributed by atoms with E-state index in [-0.39, 0.29) is 40.3 Å². The van der Waals surface area contributed by atoms with Crippen molar-refractivity contribution < 1.29 is 81.4 Å². The van der Waals surface area contributed by atoms with Crippen LogP contribution in [-0.2, 0) is 39.8 Å². The minimum Gasteiger partial charge on any atom is -0.504 e. The number of aromatic hydroxyl groups is 1. The molecule has 4 fully saturated rings. The maximum atomic E-state index is 13.4. The van der Waals surface area contributed by atoms with Gasteiger partial charge in [-0.2, -0.15) is 10.4 Å². The van der Waals surface area contributed by atoms with Crippen LogP contribution in [0.25, 0.3) is 28.3 Å². The van der Waals surface area contributed by atoms with Crippen molar-refractivity contribution in [1.29, 1.82) is 5.26 Å². The summed E-state index contributed by atoms with van der Waals surface area (Å²) >= 11 is 6.22. The molecule has 8 aliphatic heterocycles. The number of para-hydroxylation sites is 5. The summed E-state index contributed by atoms with van der Waals surface area (Å²) in [5, 5.41) is 43.1. The highest BCUT2D eigenvalue weighted by Crippen LogP contribution is 2.53. The first-order valence-electron chi connectivity index (χ1n) is 43.2. The fourth-order valence-corrected chi connectivity index (χ4v) is 19.3. The third-order valence-corrected chi connectivity index (χ3v) is 26.5. The second-order valence-corrected chi connectivity index (χ2v) is 34.5. The molecule has 4 aromatic heterocycles. The largest absolute Gasteiger partial charge is 0.504 e. The zero-order valence-electron chi connectivity index (χ0n) is 73.1. The second kappa shape index (κ2) is 35.4. The van der Waals surface area contributed by atoms with Crippen LogP contribution < -0.4 is 37.9 Å². The highest BCUT2D eigenvalue weighted by atomic mass is 35.5. The lowest BCUT2D eigenvalue weighted by Gasteiger charge is -2.45. The molecule has 0 saturated carbocycles. The number of amides is 4. The molecule has 8 aromatic carbocycles. The van der Waals surface area contributed by atoms with Gasteiger partial charge in [-0.3, -0.25) is 28.4 Å². The number of ether oxygens (including phenoxy) is 9. The lowest BCUT2D eigenvalue weighted by Crippen LogP contribution is -2.50. The van der Waals surface area contributed by atoms with Gasteiger partial charge in [-0.1, -0.05) is 71.8 Å². The Labute approximate surface area is 752 Å². The van der Waals surface area contributed by atoms with Crippen LogP contribution in [0.15, 0.2) is 219 Å². The quantitative estimate of drug-likeness (QED) is 0.0967. The van der Waals surface area contributed by atoms with E-state index in [1.165, 1.54) is 25.8 Å². The first-order valence-corrected chi connectivity index (χ1v) is 43.5. The highest BCUT2D eigenvalue weighted by Gasteiger charge is 2.50. The van der Waals surface area contributed by atoms with E-state index in [0.717, 1.165) is 116 Å². The van der Waals surface area contributed by atoms with E-state index in [1.54, 1.807) is 49.5 Å². The van der Waals surface area contributed by atoms with Gasteiger partial charge in [0.15, 0.2) is 39.8 Å². The van der Waals surface area contributed by atoms with Crippen LogP contribution in [0.4, 0.5) is 0 Å². The third-order valence-electron chi connectivity index (χ3n) is 26.2. The number of hydrogen-bond donors (Lipinski definition) is 3. The molecule has 8 aliphatic rings. The zero-order valence-corrected chi connectivity index (χ0v) is 73.8. The molecule has 1 atom stereocenters. The summed E-state index contributed by atoms with van der Waals surface area (Å²) in [5.74, 6) is 4.90. The molecule has 12 heterocycles. The maximum Gasteiger partial charge on any atom is 0.254 e. The highest BCUT2D eigenvalue weighted by molar-refractivity contribution is 6.30. The lowest BCUT2D eigenvalue weighted by molar-refractivity contribution is -0.00982. The van der Waals surface area contributed by atoms with Gasteiger partial charge in [0.05, 0.1) is 79.6 Å². The number of aromatic nitrogens is 5. The zero-order chi connectivity index (χ0) is 89.6. The van der Waals surface area contributed by atoms with Crippen LogP contribution in [0, 0.1) is 25.2 Å². The van der Waals surface area contributed by atoms with Crippen molar-refractivity contribution in [3.8, 4) is 86.1 Å². The van der Waals surface area contributed by atoms with Crippen LogP contribution in [-0.4, -0.2) is 182 Å². The van der Waals surface area contributed by atoms with Gasteiger partial charge < -0.3 is 86.7 Å². The van der Waals surface area contributed by atoms with Gasteiger partial charge in [-0.25, -0.2) is 0 Å². The number of carbonyl (C=O) groups is 4. The molecule has 12 aromatic rings. The number of rotatable bonds is 13. The number of aliphatic hydroxyl groups is 2. The molecule has 4 saturated heterocycles. The molecule has 27 heteroatoms. The van der Waals surface area contributed by atoms with E-state index >= 15 is 0 Å². The lowest BCUT2D eigenvalue weighted by atomic mass is 9.81. The van der Waals surface area contributed by atoms with Crippen LogP contribution in [0.1, 0.15) is 156 Å². The van der Waals surface area contributed by atoms with E-state index < -0.39 is 40.7 Å². The number of fused-ring (bicyclic) bond motifs is 16. The van der Waals surface area contributed by atoms with Crippen molar-refractivity contribution in [1.82, 2.24) is 43.1 Å². The monoisotopic (exact) mass is 1750 g/mol. The molecular weight excluding hydrogens is 1640 g/mol. The van der Waals surface area contributed by atoms with Crippen molar-refractivity contribution in [2.75, 3.05) is 94.0 Å². The van der Waals surface area contributed by atoms with Crippen molar-refractivity contribution in [3.63, 3.8) is 0 Å². The Morgan fingerprint density at radius 3 is 1.59 bits per heavy atom. The number of benzene rings is 8. The van der Waals surface area contributed by atoms with Gasteiger partial charge in [0.25, 0.3) is 23.6 Å². The summed E-state index contributed by atoms with van der Waals surface area (Å²) in [6.45, 7) is 12.2. The molecule has 666 valence electrons. The number of hydrogen-bond acceptors (Lipinski definition) is 18. The van der Waals surface area contributed by atoms with Crippen molar-refractivity contribution in [2.45, 2.75) is 113 Å². The Balaban J connectivity index is 0.000000140. The van der Waals surface area contributed by atoms with Gasteiger partial charge in [-0.15, -0.1) is 0 Å². The SMILES string of the molecule is COc1cc(C(=O)N2CCC3(CC2)Oc2ccccc2-c2c3cnn2C)ccc1O.COc1cc(C(=O)N2CCC3(CC2)Oc2ccccc2-n2c(C#N)ccc23)ccc1OC[C@H](O)CO.COc1cc(C(=O)N2CCC3(CC2)Oc2ccccc2-n2cccc23)ccc1C(C)(C)OC.Cc1ccc(C(=O)N2CCC3(CC2)Oc2cc(Cl)ccc2-n2cccc23)c(C)c1.[HH].[HH].[HH]. The maximum absolute atomic E-state index is 13.4. The number of aliphatic hydroxyl groups excluding tert-OH is 2. The minimum atomic E-state index is -1.00. The number of phenolic OH excluding ortho intramolecular Hbond substituents is 1. The Morgan fingerprint density at radius 2 is 1.02 bits per heavy atom. The first kappa shape index (κ1) is 86.7. The summed E-state index contributed by atoms with van der Waals surface area (Å²) in [5.41, 5.74) is 12.9. The number of nitrogens with zero attached hydrogens (tertiary/aromatic N) is 10. The fourth-order valence-electron chi connectivity index (χ4n) is 19.1. The van der Waals surface area contributed by atoms with E-state index in [4.69, 9.17) is 59.3 Å². The van der Waals surface area contributed by atoms with Crippen molar-refractivity contribution in [3.05, 3.63) is 291 Å². The van der Waals surface area contributed by atoms with Gasteiger partial charge in [0, 0.05) is 185 Å². The fraction of sp³-hybridized carbons (Fsp3) is 0.327. The average molecular weight is 1750 g/mol. The second-order valence-electron chi connectivity index (χ2n) is 34.1. The van der Waals surface area contributed by atoms with E-state index in [2.05, 4.69) is 75.2 Å². The smallest absolute Gasteiger partial charge is 0.254 e. The molecule has 0 radical (unpaired) electrons. The summed E-state index contributed by atoms with van der Waals surface area (Å²) < 4.78 is 61.7. The molecule has 128 heavy (non-hydrogen) atoms. The number of aryl methyl sites for hydroxylation is 3. The Morgan fingerprint density at radius 1 is 0.523 bits per heavy atom. The van der Waals surface area contributed by atoms with Crippen molar-refractivity contribution >= 4 is 35.2 Å². The number of nitriles is 1. The molecule has 4 spiro atoms. The number of methoxy groups -OCH3 is 4. The number of likely N-dealkylation sites (tertiary alicyclic amines) is 4. The van der Waals surface area contributed by atoms with Crippen molar-refractivity contribution in [2.24, 2.45) is 7.05 Å². The topological polar surface area (TPSA) is 281 Å². The average Bonchev–Trinajstić information content (AvgIpc) is 1.60. The normalized spacial score (nSPS) is 16.6. The molecule has 0 aliphatic carbocycles. The molecule has 0 bridgehead atoms. The van der Waals surface area contributed by atoms with E-state index in [0.29, 0.717) is 128 Å². The Hall–Kier alpha value is -13.5. The third kappa shape index (κ3) is 16.1. The summed E-state index contributed by atoms with van der Waals surface area (Å²) in [6.07, 6.45) is 10.6. The predicted octanol–water partition coefficient (Wildman–Crippen LogP) is 16.8. The Bertz CT molecular complexity index is 6260. The van der Waals surface area contributed by atoms with Gasteiger partial charge in [-0.05, 0) is 173 Å². The first-order chi connectivity index (χ1) is 61.9. The molecular formula is C101H109ClN10O16. The van der Waals surface area contributed by atoms with Crippen LogP contribution in [0.3, 0.4) is 0 Å². The summed E-state index contributed by atoms with van der Waals surface area (Å²) in [7, 11) is 8.19. The standard InChI is InChI=1S/C27H27N3O6.C27H30N2O4.C24H23ClN2O2.C23H23N3O4.3H2/c1-34-24-14-18(6-8-23(24)35-17-20(32)16-31)26(33)29-12-10-27(11-13-29)25-9-7-19(15-28)30(25)21-4-2-3-5-22(21)36-27;1-26(2,32-4)20-12-11-19(18-23(20)31-3)25(30)28-16-13-27(14-17-28)24-10-7-15-29(24)21-8-5-6-9-22(21)33-27;1-16-5-7-19(17(2)14-16)23(28)26-12-9-24(10-13-26)22-4-3-11-27(22)20-8-6-18(25)15-21(20)29-24;1-25-21-16-5-3-4-6-19(16)30-23(17(21)14-24-25)9-11-26(12-10-23)22(28)15-7-8-18(27)20(13-15)29-2;;;/h2-9,14,20,31-32H,10-13,16-17H2,1H3;5-12,15,18H,13-14,16-17H2,1-4H3;3-8,11,14-15H,9-10,12-13H2,1-2H3;3-8,13-14,27H,9-12H2,1-2H3;3*1H/t20-;;;;;;/m1....../s1. The molecule has 4 amide bonds. The van der Waals surface area contributed by atoms with Gasteiger partial charge in [0.1, 0.15) is 58.8 Å². The molecule has 3 N–H and O–H groups in total. The van der Waals surface area contributed by atoms with Gasteiger partial charge in [0.2, 0.25) is 0 Å². The predicted molar refractivity (Wildman–Crippen MR) is 487 cm³/mol. The number of halogens is 1. The molecule has 26 nitrogen and oxygen atoms in total. The number of carbonyl (C=O) groups excluding carboxylic acids is 4. The summed E-state index contributed by atoms with van der Waals surface area (Å²) in [4.78, 5) is 60.3. The van der Waals surface area contributed by atoms with Crippen LogP contribution in [0.2, 0.25) is 5.02 Å². The Kier molecular flexibility index (Phi) is 24.0. The molecule has 0 unspecified atom stereocenters. The van der Waals surface area contributed by atoms with Gasteiger partial charge >= 0.3 is 0 Å². The number of piperidine rings is 4.